The van der Waals surface area contributed by atoms with Crippen LogP contribution in [0, 0.1) is 5.41 Å². The Kier molecular flexibility index (Phi) is 4.13. The largest absolute Gasteiger partial charge is 0.372 e. The van der Waals surface area contributed by atoms with E-state index < -0.39 is 0 Å². The van der Waals surface area contributed by atoms with Crippen molar-refractivity contribution in [1.82, 2.24) is 9.97 Å². The minimum absolute atomic E-state index is 0.360. The van der Waals surface area contributed by atoms with Gasteiger partial charge in [-0.05, 0) is 42.5 Å². The van der Waals surface area contributed by atoms with Crippen LogP contribution in [0.5, 0.6) is 0 Å². The summed E-state index contributed by atoms with van der Waals surface area (Å²) in [5, 5.41) is 6.28. The SMILES string of the molecule is CNc1nc(COC2CCC(C)(C)CC2)nc2sccc12. The Balaban J connectivity index is 1.65. The number of rotatable bonds is 4. The van der Waals surface area contributed by atoms with Gasteiger partial charge in [0.25, 0.3) is 0 Å². The molecular formula is C16H23N3OS. The predicted octanol–water partition coefficient (Wildman–Crippen LogP) is 4.22. The van der Waals surface area contributed by atoms with Crippen LogP contribution in [-0.2, 0) is 11.3 Å². The van der Waals surface area contributed by atoms with Gasteiger partial charge >= 0.3 is 0 Å². The molecule has 0 amide bonds. The summed E-state index contributed by atoms with van der Waals surface area (Å²) in [6, 6.07) is 2.06. The minimum atomic E-state index is 0.360. The van der Waals surface area contributed by atoms with Crippen LogP contribution in [0.4, 0.5) is 5.82 Å². The fourth-order valence-electron chi connectivity index (χ4n) is 2.89. The van der Waals surface area contributed by atoms with Gasteiger partial charge in [-0.2, -0.15) is 0 Å². The van der Waals surface area contributed by atoms with E-state index in [2.05, 4.69) is 35.2 Å². The normalized spacial score (nSPS) is 19.0. The van der Waals surface area contributed by atoms with Gasteiger partial charge in [-0.15, -0.1) is 11.3 Å². The first-order valence-corrected chi connectivity index (χ1v) is 8.49. The second-order valence-electron chi connectivity index (χ2n) is 6.55. The summed E-state index contributed by atoms with van der Waals surface area (Å²) < 4.78 is 6.04. The molecule has 0 aliphatic heterocycles. The molecule has 3 rings (SSSR count). The lowest BCUT2D eigenvalue weighted by molar-refractivity contribution is -0.00813. The minimum Gasteiger partial charge on any atom is -0.372 e. The van der Waals surface area contributed by atoms with Crippen LogP contribution < -0.4 is 5.32 Å². The summed E-state index contributed by atoms with van der Waals surface area (Å²) in [5.41, 5.74) is 0.478. The number of nitrogens with zero attached hydrogens (tertiary/aromatic N) is 2. The molecule has 1 saturated carbocycles. The van der Waals surface area contributed by atoms with E-state index in [0.717, 1.165) is 34.7 Å². The van der Waals surface area contributed by atoms with E-state index in [0.29, 0.717) is 18.1 Å². The average Bonchev–Trinajstić information content (AvgIpc) is 2.93. The monoisotopic (exact) mass is 305 g/mol. The zero-order valence-electron chi connectivity index (χ0n) is 13.0. The third-order valence-electron chi connectivity index (χ3n) is 4.34. The van der Waals surface area contributed by atoms with Crippen molar-refractivity contribution in [3.8, 4) is 0 Å². The second kappa shape index (κ2) is 5.89. The molecule has 114 valence electrons. The highest BCUT2D eigenvalue weighted by Gasteiger charge is 2.27. The maximum atomic E-state index is 6.04. The second-order valence-corrected chi connectivity index (χ2v) is 7.45. The highest BCUT2D eigenvalue weighted by molar-refractivity contribution is 7.16. The number of nitrogens with one attached hydrogen (secondary N) is 1. The zero-order valence-corrected chi connectivity index (χ0v) is 13.8. The summed E-state index contributed by atoms with van der Waals surface area (Å²) in [7, 11) is 1.90. The highest BCUT2D eigenvalue weighted by Crippen LogP contribution is 2.36. The van der Waals surface area contributed by atoms with Crippen molar-refractivity contribution in [2.75, 3.05) is 12.4 Å². The molecule has 0 atom stereocenters. The highest BCUT2D eigenvalue weighted by atomic mass is 32.1. The van der Waals surface area contributed by atoms with Crippen LogP contribution in [0.3, 0.4) is 0 Å². The number of anilines is 1. The van der Waals surface area contributed by atoms with Crippen molar-refractivity contribution in [2.24, 2.45) is 5.41 Å². The van der Waals surface area contributed by atoms with Crippen molar-refractivity contribution in [3.05, 3.63) is 17.3 Å². The van der Waals surface area contributed by atoms with Gasteiger partial charge in [-0.3, -0.25) is 0 Å². The maximum Gasteiger partial charge on any atom is 0.158 e. The van der Waals surface area contributed by atoms with Crippen LogP contribution in [-0.4, -0.2) is 23.1 Å². The molecule has 0 spiro atoms. The lowest BCUT2D eigenvalue weighted by Crippen LogP contribution is -2.26. The fourth-order valence-corrected chi connectivity index (χ4v) is 3.67. The maximum absolute atomic E-state index is 6.04. The van der Waals surface area contributed by atoms with E-state index in [1.54, 1.807) is 11.3 Å². The molecule has 2 aromatic heterocycles. The lowest BCUT2D eigenvalue weighted by atomic mass is 9.76. The third-order valence-corrected chi connectivity index (χ3v) is 5.15. The first-order valence-electron chi connectivity index (χ1n) is 7.61. The first kappa shape index (κ1) is 14.7. The van der Waals surface area contributed by atoms with Gasteiger partial charge in [0.15, 0.2) is 5.82 Å². The Hall–Kier alpha value is -1.20. The molecule has 1 N–H and O–H groups in total. The van der Waals surface area contributed by atoms with Gasteiger partial charge in [0, 0.05) is 7.05 Å². The molecule has 1 aliphatic rings. The molecule has 5 heteroatoms. The number of ether oxygens (including phenoxy) is 1. The van der Waals surface area contributed by atoms with Gasteiger partial charge in [-0.1, -0.05) is 13.8 Å². The molecule has 2 heterocycles. The topological polar surface area (TPSA) is 47.0 Å². The van der Waals surface area contributed by atoms with E-state index in [4.69, 9.17) is 4.74 Å². The van der Waals surface area contributed by atoms with Gasteiger partial charge in [0.05, 0.1) is 11.5 Å². The third kappa shape index (κ3) is 3.35. The molecule has 0 aromatic carbocycles. The first-order chi connectivity index (χ1) is 10.1. The standard InChI is InChI=1S/C16H23N3OS/c1-16(2)7-4-11(5-8-16)20-10-13-18-14(17-3)12-6-9-21-15(12)19-13/h6,9,11H,4-5,7-8,10H2,1-3H3,(H,17,18,19). The number of hydrogen-bond donors (Lipinski definition) is 1. The van der Waals surface area contributed by atoms with Gasteiger partial charge < -0.3 is 10.1 Å². The lowest BCUT2D eigenvalue weighted by Gasteiger charge is -2.34. The average molecular weight is 305 g/mol. The zero-order chi connectivity index (χ0) is 14.9. The number of thiophene rings is 1. The van der Waals surface area contributed by atoms with Crippen molar-refractivity contribution < 1.29 is 4.74 Å². The number of hydrogen-bond acceptors (Lipinski definition) is 5. The van der Waals surface area contributed by atoms with Crippen LogP contribution in [0.15, 0.2) is 11.4 Å². The molecule has 0 bridgehead atoms. The van der Waals surface area contributed by atoms with Crippen molar-refractivity contribution in [3.63, 3.8) is 0 Å². The molecule has 0 saturated heterocycles. The Labute approximate surface area is 129 Å². The quantitative estimate of drug-likeness (QED) is 0.918. The summed E-state index contributed by atoms with van der Waals surface area (Å²) in [4.78, 5) is 10.2. The predicted molar refractivity (Wildman–Crippen MR) is 87.8 cm³/mol. The summed E-state index contributed by atoms with van der Waals surface area (Å²) in [6.07, 6.45) is 5.13. The van der Waals surface area contributed by atoms with E-state index in [1.165, 1.54) is 12.8 Å². The summed E-state index contributed by atoms with van der Waals surface area (Å²) in [5.74, 6) is 1.67. The molecular weight excluding hydrogens is 282 g/mol. The van der Waals surface area contributed by atoms with Gasteiger partial charge in [0.1, 0.15) is 17.3 Å². The van der Waals surface area contributed by atoms with Crippen LogP contribution in [0.2, 0.25) is 0 Å². The van der Waals surface area contributed by atoms with Crippen molar-refractivity contribution >= 4 is 27.4 Å². The smallest absolute Gasteiger partial charge is 0.158 e. The molecule has 2 aromatic rings. The van der Waals surface area contributed by atoms with E-state index in [9.17, 15) is 0 Å². The van der Waals surface area contributed by atoms with Crippen molar-refractivity contribution in [2.45, 2.75) is 52.2 Å². The van der Waals surface area contributed by atoms with Gasteiger partial charge in [0.2, 0.25) is 0 Å². The summed E-state index contributed by atoms with van der Waals surface area (Å²) >= 11 is 1.65. The molecule has 0 radical (unpaired) electrons. The van der Waals surface area contributed by atoms with Gasteiger partial charge in [-0.25, -0.2) is 9.97 Å². The molecule has 4 nitrogen and oxygen atoms in total. The van der Waals surface area contributed by atoms with Crippen LogP contribution in [0.25, 0.3) is 10.2 Å². The summed E-state index contributed by atoms with van der Waals surface area (Å²) in [6.45, 7) is 5.19. The Morgan fingerprint density at radius 3 is 2.81 bits per heavy atom. The van der Waals surface area contributed by atoms with E-state index >= 15 is 0 Å². The molecule has 1 aliphatic carbocycles. The Bertz CT molecular complexity index is 613. The molecule has 1 fully saturated rings. The van der Waals surface area contributed by atoms with Crippen molar-refractivity contribution in [1.29, 1.82) is 0 Å². The van der Waals surface area contributed by atoms with Crippen LogP contribution in [0.1, 0.15) is 45.4 Å². The van der Waals surface area contributed by atoms with E-state index in [-0.39, 0.29) is 0 Å². The van der Waals surface area contributed by atoms with Crippen LogP contribution >= 0.6 is 11.3 Å². The number of fused-ring (bicyclic) bond motifs is 1. The molecule has 21 heavy (non-hydrogen) atoms. The van der Waals surface area contributed by atoms with E-state index in [1.807, 2.05) is 12.4 Å². The number of aromatic nitrogens is 2. The molecule has 0 unspecified atom stereocenters. The Morgan fingerprint density at radius 1 is 1.33 bits per heavy atom. The fraction of sp³-hybridized carbons (Fsp3) is 0.625. The Morgan fingerprint density at radius 2 is 2.10 bits per heavy atom.